The van der Waals surface area contributed by atoms with Gasteiger partial charge >= 0.3 is 6.18 Å². The van der Waals surface area contributed by atoms with Gasteiger partial charge in [0.15, 0.2) is 0 Å². The Morgan fingerprint density at radius 1 is 1.40 bits per heavy atom. The van der Waals surface area contributed by atoms with Gasteiger partial charge in [-0.15, -0.1) is 0 Å². The molecule has 1 atom stereocenters. The van der Waals surface area contributed by atoms with Gasteiger partial charge in [-0.2, -0.15) is 13.2 Å². The van der Waals surface area contributed by atoms with E-state index in [4.69, 9.17) is 4.74 Å². The minimum absolute atomic E-state index is 0.154. The van der Waals surface area contributed by atoms with E-state index in [1.165, 1.54) is 0 Å². The molecule has 0 radical (unpaired) electrons. The summed E-state index contributed by atoms with van der Waals surface area (Å²) in [5.41, 5.74) is -1.77. The van der Waals surface area contributed by atoms with Crippen molar-refractivity contribution >= 4 is 11.4 Å². The molecule has 1 aromatic rings. The Labute approximate surface area is 112 Å². The maximum Gasteiger partial charge on any atom is 0.418 e. The molecule has 0 saturated carbocycles. The Morgan fingerprint density at radius 2 is 2.15 bits per heavy atom. The number of halogens is 3. The van der Waals surface area contributed by atoms with Crippen LogP contribution in [0.4, 0.5) is 24.5 Å². The molecule has 2 rings (SSSR count). The van der Waals surface area contributed by atoms with Gasteiger partial charge in [0, 0.05) is 30.5 Å². The molecule has 1 aliphatic heterocycles. The molecule has 1 saturated heterocycles. The monoisotopic (exact) mass is 290 g/mol. The Morgan fingerprint density at radius 3 is 2.70 bits per heavy atom. The lowest BCUT2D eigenvalue weighted by Gasteiger charge is -2.25. The second kappa shape index (κ2) is 5.66. The van der Waals surface area contributed by atoms with Gasteiger partial charge in [0.1, 0.15) is 0 Å². The number of benzene rings is 1. The van der Waals surface area contributed by atoms with E-state index in [9.17, 15) is 23.3 Å². The lowest BCUT2D eigenvalue weighted by molar-refractivity contribution is -0.385. The van der Waals surface area contributed by atoms with E-state index in [0.717, 1.165) is 18.6 Å². The van der Waals surface area contributed by atoms with Gasteiger partial charge in [-0.25, -0.2) is 0 Å². The van der Waals surface area contributed by atoms with Crippen molar-refractivity contribution in [1.82, 2.24) is 0 Å². The summed E-state index contributed by atoms with van der Waals surface area (Å²) in [6, 6.07) is 2.48. The number of ether oxygens (including phenoxy) is 1. The third kappa shape index (κ3) is 3.38. The van der Waals surface area contributed by atoms with Crippen molar-refractivity contribution < 1.29 is 22.8 Å². The predicted octanol–water partition coefficient (Wildman–Crippen LogP) is 3.20. The average Bonchev–Trinajstić information content (AvgIpc) is 2.39. The molecule has 8 heteroatoms. The standard InChI is InChI=1S/C12H13F3N2O3/c13-12(14,15)10-6-9(17(18)19)3-4-11(10)16-8-2-1-5-20-7-8/h3-4,6,8,16H,1-2,5,7H2. The molecular formula is C12H13F3N2O3. The molecular weight excluding hydrogens is 277 g/mol. The Bertz CT molecular complexity index is 499. The molecule has 1 fully saturated rings. The van der Waals surface area contributed by atoms with Crippen molar-refractivity contribution in [2.24, 2.45) is 0 Å². The maximum atomic E-state index is 13.0. The van der Waals surface area contributed by atoms with Crippen LogP contribution in [0.2, 0.25) is 0 Å². The molecule has 0 amide bonds. The fourth-order valence-electron chi connectivity index (χ4n) is 2.08. The van der Waals surface area contributed by atoms with Crippen LogP contribution in [0.5, 0.6) is 0 Å². The van der Waals surface area contributed by atoms with Crippen molar-refractivity contribution in [2.75, 3.05) is 18.5 Å². The summed E-state index contributed by atoms with van der Waals surface area (Å²) < 4.78 is 44.0. The van der Waals surface area contributed by atoms with E-state index in [1.54, 1.807) is 0 Å². The first-order chi connectivity index (χ1) is 9.38. The topological polar surface area (TPSA) is 64.4 Å². The number of nitro benzene ring substituents is 1. The lowest BCUT2D eigenvalue weighted by Crippen LogP contribution is -2.30. The van der Waals surface area contributed by atoms with Gasteiger partial charge in [0.25, 0.3) is 5.69 Å². The largest absolute Gasteiger partial charge is 0.418 e. The Kier molecular flexibility index (Phi) is 4.12. The van der Waals surface area contributed by atoms with E-state index >= 15 is 0 Å². The zero-order chi connectivity index (χ0) is 14.8. The summed E-state index contributed by atoms with van der Waals surface area (Å²) in [4.78, 5) is 9.73. The SMILES string of the molecule is O=[N+]([O-])c1ccc(NC2CCCOC2)c(C(F)(F)F)c1. The van der Waals surface area contributed by atoms with E-state index in [-0.39, 0.29) is 11.7 Å². The number of hydrogen-bond donors (Lipinski definition) is 1. The first-order valence-electron chi connectivity index (χ1n) is 6.08. The first-order valence-corrected chi connectivity index (χ1v) is 6.08. The second-order valence-corrected chi connectivity index (χ2v) is 4.54. The number of hydrogen-bond acceptors (Lipinski definition) is 4. The van der Waals surface area contributed by atoms with Crippen LogP contribution in [-0.2, 0) is 10.9 Å². The number of rotatable bonds is 3. The van der Waals surface area contributed by atoms with Gasteiger partial charge in [0.05, 0.1) is 17.1 Å². The van der Waals surface area contributed by atoms with Crippen LogP contribution in [0.1, 0.15) is 18.4 Å². The molecule has 5 nitrogen and oxygen atoms in total. The smallest absolute Gasteiger partial charge is 0.379 e. The van der Waals surface area contributed by atoms with Crippen LogP contribution in [0.3, 0.4) is 0 Å². The molecule has 110 valence electrons. The quantitative estimate of drug-likeness (QED) is 0.686. The molecule has 1 N–H and O–H groups in total. The molecule has 1 aliphatic rings. The van der Waals surface area contributed by atoms with Crippen molar-refractivity contribution in [3.8, 4) is 0 Å². The van der Waals surface area contributed by atoms with Crippen molar-refractivity contribution in [3.05, 3.63) is 33.9 Å². The molecule has 0 aromatic heterocycles. The van der Waals surface area contributed by atoms with Crippen LogP contribution in [0, 0.1) is 10.1 Å². The maximum absolute atomic E-state index is 13.0. The number of nitro groups is 1. The third-order valence-corrected chi connectivity index (χ3v) is 3.04. The van der Waals surface area contributed by atoms with Crippen molar-refractivity contribution in [3.63, 3.8) is 0 Å². The molecule has 1 aromatic carbocycles. The normalized spacial score (nSPS) is 19.6. The first kappa shape index (κ1) is 14.6. The molecule has 1 heterocycles. The van der Waals surface area contributed by atoms with E-state index < -0.39 is 22.4 Å². The summed E-state index contributed by atoms with van der Waals surface area (Å²) in [6.45, 7) is 0.929. The van der Waals surface area contributed by atoms with Gasteiger partial charge in [-0.05, 0) is 18.9 Å². The highest BCUT2D eigenvalue weighted by molar-refractivity contribution is 5.58. The average molecular weight is 290 g/mol. The van der Waals surface area contributed by atoms with Crippen molar-refractivity contribution in [1.29, 1.82) is 0 Å². The predicted molar refractivity (Wildman–Crippen MR) is 65.6 cm³/mol. The number of anilines is 1. The number of alkyl halides is 3. The lowest BCUT2D eigenvalue weighted by atomic mass is 10.1. The van der Waals surface area contributed by atoms with Crippen molar-refractivity contribution in [2.45, 2.75) is 25.1 Å². The Balaban J connectivity index is 2.28. The summed E-state index contributed by atoms with van der Waals surface area (Å²) in [5.74, 6) is 0. The summed E-state index contributed by atoms with van der Waals surface area (Å²) >= 11 is 0. The van der Waals surface area contributed by atoms with Gasteiger partial charge in [-0.3, -0.25) is 10.1 Å². The minimum Gasteiger partial charge on any atom is -0.379 e. The van der Waals surface area contributed by atoms with Crippen LogP contribution in [0.15, 0.2) is 18.2 Å². The highest BCUT2D eigenvalue weighted by Crippen LogP contribution is 2.37. The van der Waals surface area contributed by atoms with Gasteiger partial charge in [-0.1, -0.05) is 0 Å². The summed E-state index contributed by atoms with van der Waals surface area (Å²) in [5, 5.41) is 13.3. The fourth-order valence-corrected chi connectivity index (χ4v) is 2.08. The van der Waals surface area contributed by atoms with Gasteiger partial charge in [0.2, 0.25) is 0 Å². The Hall–Kier alpha value is -1.83. The van der Waals surface area contributed by atoms with E-state index in [1.807, 2.05) is 0 Å². The highest BCUT2D eigenvalue weighted by atomic mass is 19.4. The second-order valence-electron chi connectivity index (χ2n) is 4.54. The molecule has 1 unspecified atom stereocenters. The fraction of sp³-hybridized carbons (Fsp3) is 0.500. The van der Waals surface area contributed by atoms with Gasteiger partial charge < -0.3 is 10.1 Å². The zero-order valence-corrected chi connectivity index (χ0v) is 10.4. The van der Waals surface area contributed by atoms with Crippen LogP contribution in [-0.4, -0.2) is 24.2 Å². The number of nitrogens with one attached hydrogen (secondary N) is 1. The highest BCUT2D eigenvalue weighted by Gasteiger charge is 2.35. The number of nitrogens with zero attached hydrogens (tertiary/aromatic N) is 1. The van der Waals surface area contributed by atoms with E-state index in [2.05, 4.69) is 5.32 Å². The van der Waals surface area contributed by atoms with E-state index in [0.29, 0.717) is 25.7 Å². The third-order valence-electron chi connectivity index (χ3n) is 3.04. The minimum atomic E-state index is -4.65. The summed E-state index contributed by atoms with van der Waals surface area (Å²) in [6.07, 6.45) is -3.18. The molecule has 0 bridgehead atoms. The van der Waals surface area contributed by atoms with Crippen LogP contribution >= 0.6 is 0 Å². The molecule has 20 heavy (non-hydrogen) atoms. The van der Waals surface area contributed by atoms with Crippen LogP contribution < -0.4 is 5.32 Å². The molecule has 0 aliphatic carbocycles. The number of non-ortho nitro benzene ring substituents is 1. The van der Waals surface area contributed by atoms with Crippen LogP contribution in [0.25, 0.3) is 0 Å². The summed E-state index contributed by atoms with van der Waals surface area (Å²) in [7, 11) is 0. The zero-order valence-electron chi connectivity index (χ0n) is 10.4. The molecule has 0 spiro atoms.